The van der Waals surface area contributed by atoms with E-state index in [-0.39, 0.29) is 5.54 Å². The Balaban J connectivity index is 2.29. The Morgan fingerprint density at radius 3 is 2.73 bits per heavy atom. The van der Waals surface area contributed by atoms with Crippen LogP contribution in [-0.4, -0.2) is 55.1 Å². The summed E-state index contributed by atoms with van der Waals surface area (Å²) in [5, 5.41) is 3.55. The van der Waals surface area contributed by atoms with E-state index in [1.807, 2.05) is 0 Å². The van der Waals surface area contributed by atoms with Gasteiger partial charge in [0.1, 0.15) is 0 Å². The van der Waals surface area contributed by atoms with Gasteiger partial charge in [-0.05, 0) is 39.4 Å². The summed E-state index contributed by atoms with van der Waals surface area (Å²) in [6, 6.07) is 0. The maximum Gasteiger partial charge on any atom is 0.0277 e. The van der Waals surface area contributed by atoms with Crippen LogP contribution >= 0.6 is 0 Å². The van der Waals surface area contributed by atoms with E-state index in [1.54, 1.807) is 0 Å². The fraction of sp³-hybridized carbons (Fsp3) is 1.00. The van der Waals surface area contributed by atoms with Gasteiger partial charge < -0.3 is 4.90 Å². The van der Waals surface area contributed by atoms with Gasteiger partial charge in [-0.15, -0.1) is 0 Å². The molecule has 1 fully saturated rings. The molecule has 1 aliphatic rings. The van der Waals surface area contributed by atoms with E-state index in [1.165, 1.54) is 0 Å². The summed E-state index contributed by atoms with van der Waals surface area (Å²) in [6.07, 6.45) is 0.962. The fourth-order valence-electron chi connectivity index (χ4n) is 1.94. The van der Waals surface area contributed by atoms with E-state index in [2.05, 4.69) is 40.7 Å². The lowest BCUT2D eigenvalue weighted by Crippen LogP contribution is -2.57. The van der Waals surface area contributed by atoms with E-state index in [4.69, 9.17) is 5.53 Å². The summed E-state index contributed by atoms with van der Waals surface area (Å²) in [6.45, 7) is 9.53. The van der Waals surface area contributed by atoms with Crippen LogP contribution in [0.4, 0.5) is 0 Å². The molecule has 1 heterocycles. The molecular formula is C10H21N5. The molecule has 5 nitrogen and oxygen atoms in total. The van der Waals surface area contributed by atoms with Gasteiger partial charge in [0.05, 0.1) is 0 Å². The summed E-state index contributed by atoms with van der Waals surface area (Å²) >= 11 is 0. The van der Waals surface area contributed by atoms with Crippen molar-refractivity contribution in [2.45, 2.75) is 25.8 Å². The maximum absolute atomic E-state index is 8.16. The molecule has 0 aromatic heterocycles. The fourth-order valence-corrected chi connectivity index (χ4v) is 1.94. The van der Waals surface area contributed by atoms with Crippen molar-refractivity contribution in [3.05, 3.63) is 10.4 Å². The standard InChI is InChI=1S/C10H21N5/c1-10(2)9-15(8-7-14(10)3)6-4-5-12-13-11/h4-9H2,1-3H3. The number of rotatable bonds is 4. The monoisotopic (exact) mass is 211 g/mol. The SMILES string of the molecule is CN1CCN(CCCN=[N+]=[N-])CC1(C)C. The van der Waals surface area contributed by atoms with E-state index in [9.17, 15) is 0 Å². The first-order chi connectivity index (χ1) is 7.06. The molecule has 1 rings (SSSR count). The molecular weight excluding hydrogens is 190 g/mol. The van der Waals surface area contributed by atoms with Crippen LogP contribution in [0.25, 0.3) is 10.4 Å². The predicted molar refractivity (Wildman–Crippen MR) is 61.8 cm³/mol. The zero-order chi connectivity index (χ0) is 11.3. The van der Waals surface area contributed by atoms with Crippen LogP contribution in [0, 0.1) is 0 Å². The Kier molecular flexibility index (Phi) is 4.39. The third-order valence-corrected chi connectivity index (χ3v) is 3.19. The van der Waals surface area contributed by atoms with Crippen LogP contribution in [0.2, 0.25) is 0 Å². The quantitative estimate of drug-likeness (QED) is 0.308. The second-order valence-electron chi connectivity index (χ2n) is 4.82. The summed E-state index contributed by atoms with van der Waals surface area (Å²) in [5.74, 6) is 0. The number of piperazine rings is 1. The van der Waals surface area contributed by atoms with Crippen LogP contribution in [0.1, 0.15) is 20.3 Å². The smallest absolute Gasteiger partial charge is 0.0277 e. The van der Waals surface area contributed by atoms with Gasteiger partial charge in [-0.1, -0.05) is 5.11 Å². The minimum Gasteiger partial charge on any atom is -0.300 e. The molecule has 0 atom stereocenters. The van der Waals surface area contributed by atoms with Crippen LogP contribution in [0.3, 0.4) is 0 Å². The first-order valence-electron chi connectivity index (χ1n) is 5.51. The predicted octanol–water partition coefficient (Wildman–Crippen LogP) is 1.71. The molecule has 15 heavy (non-hydrogen) atoms. The largest absolute Gasteiger partial charge is 0.300 e. The lowest BCUT2D eigenvalue weighted by Gasteiger charge is -2.45. The summed E-state index contributed by atoms with van der Waals surface area (Å²) < 4.78 is 0. The van der Waals surface area contributed by atoms with Gasteiger partial charge in [0.15, 0.2) is 0 Å². The second-order valence-corrected chi connectivity index (χ2v) is 4.82. The maximum atomic E-state index is 8.16. The minimum atomic E-state index is 0.261. The third kappa shape index (κ3) is 3.70. The molecule has 0 spiro atoms. The first kappa shape index (κ1) is 12.3. The van der Waals surface area contributed by atoms with Crippen LogP contribution in [0.15, 0.2) is 5.11 Å². The van der Waals surface area contributed by atoms with Crippen LogP contribution in [0.5, 0.6) is 0 Å². The minimum absolute atomic E-state index is 0.261. The van der Waals surface area contributed by atoms with Gasteiger partial charge in [-0.3, -0.25) is 4.90 Å². The molecule has 0 unspecified atom stereocenters. The molecule has 1 aliphatic heterocycles. The third-order valence-electron chi connectivity index (χ3n) is 3.19. The molecule has 5 heteroatoms. The summed E-state index contributed by atoms with van der Waals surface area (Å²) in [4.78, 5) is 7.61. The van der Waals surface area contributed by atoms with E-state index in [0.717, 1.165) is 32.6 Å². The number of likely N-dealkylation sites (N-methyl/N-ethyl adjacent to an activating group) is 1. The molecule has 0 aromatic carbocycles. The molecule has 0 aliphatic carbocycles. The highest BCUT2D eigenvalue weighted by Crippen LogP contribution is 2.18. The van der Waals surface area contributed by atoms with Crippen molar-refractivity contribution in [1.29, 1.82) is 0 Å². The zero-order valence-electron chi connectivity index (χ0n) is 9.98. The van der Waals surface area contributed by atoms with Crippen LogP contribution in [-0.2, 0) is 0 Å². The molecule has 0 aromatic rings. The zero-order valence-corrected chi connectivity index (χ0v) is 9.98. The van der Waals surface area contributed by atoms with Crippen molar-refractivity contribution in [3.63, 3.8) is 0 Å². The number of hydrogen-bond acceptors (Lipinski definition) is 3. The Hall–Kier alpha value is -0.770. The van der Waals surface area contributed by atoms with E-state index in [0.29, 0.717) is 6.54 Å². The number of hydrogen-bond donors (Lipinski definition) is 0. The highest BCUT2D eigenvalue weighted by atomic mass is 15.3. The van der Waals surface area contributed by atoms with E-state index < -0.39 is 0 Å². The lowest BCUT2D eigenvalue weighted by molar-refractivity contribution is 0.0399. The topological polar surface area (TPSA) is 55.2 Å². The van der Waals surface area contributed by atoms with Crippen molar-refractivity contribution in [2.24, 2.45) is 5.11 Å². The Bertz CT molecular complexity index is 244. The average Bonchev–Trinajstić information content (AvgIpc) is 2.18. The summed E-state index contributed by atoms with van der Waals surface area (Å²) in [7, 11) is 2.18. The highest BCUT2D eigenvalue weighted by Gasteiger charge is 2.30. The average molecular weight is 211 g/mol. The number of nitrogens with zero attached hydrogens (tertiary/aromatic N) is 5. The van der Waals surface area contributed by atoms with Gasteiger partial charge in [0.2, 0.25) is 0 Å². The van der Waals surface area contributed by atoms with Gasteiger partial charge in [0.25, 0.3) is 0 Å². The Morgan fingerprint density at radius 1 is 1.40 bits per heavy atom. The van der Waals surface area contributed by atoms with Crippen molar-refractivity contribution in [2.75, 3.05) is 39.8 Å². The molecule has 0 N–H and O–H groups in total. The second kappa shape index (κ2) is 5.35. The van der Waals surface area contributed by atoms with Gasteiger partial charge in [-0.25, -0.2) is 0 Å². The van der Waals surface area contributed by atoms with Crippen molar-refractivity contribution in [3.8, 4) is 0 Å². The molecule has 0 saturated carbocycles. The van der Waals surface area contributed by atoms with Crippen molar-refractivity contribution >= 4 is 0 Å². The highest BCUT2D eigenvalue weighted by molar-refractivity contribution is 4.88. The van der Waals surface area contributed by atoms with Gasteiger partial charge in [0, 0.05) is 36.6 Å². The Morgan fingerprint density at radius 2 is 2.13 bits per heavy atom. The molecule has 1 saturated heterocycles. The lowest BCUT2D eigenvalue weighted by atomic mass is 10.00. The van der Waals surface area contributed by atoms with Gasteiger partial charge in [-0.2, -0.15) is 0 Å². The molecule has 0 radical (unpaired) electrons. The van der Waals surface area contributed by atoms with Gasteiger partial charge >= 0.3 is 0 Å². The van der Waals surface area contributed by atoms with Crippen molar-refractivity contribution in [1.82, 2.24) is 9.80 Å². The summed E-state index contributed by atoms with van der Waals surface area (Å²) in [5.41, 5.74) is 8.42. The molecule has 0 amide bonds. The molecule has 0 bridgehead atoms. The van der Waals surface area contributed by atoms with Crippen molar-refractivity contribution < 1.29 is 0 Å². The normalized spacial score (nSPS) is 22.3. The molecule has 86 valence electrons. The Labute approximate surface area is 91.7 Å². The van der Waals surface area contributed by atoms with E-state index >= 15 is 0 Å². The first-order valence-corrected chi connectivity index (χ1v) is 5.51. The van der Waals surface area contributed by atoms with Crippen LogP contribution < -0.4 is 0 Å². The number of azide groups is 1.